The normalized spacial score (nSPS) is 42.2. The molecule has 17 heavy (non-hydrogen) atoms. The number of carbonyl (C=O) groups excluding carboxylic acids is 1. The topological polar surface area (TPSA) is 26.3 Å². The summed E-state index contributed by atoms with van der Waals surface area (Å²) >= 11 is 0. The zero-order valence-electron chi connectivity index (χ0n) is 12.2. The van der Waals surface area contributed by atoms with Crippen molar-refractivity contribution in [3.63, 3.8) is 0 Å². The smallest absolute Gasteiger partial charge is 0.305 e. The molecule has 0 aliphatic heterocycles. The highest BCUT2D eigenvalue weighted by molar-refractivity contribution is 5.69. The number of rotatable bonds is 3. The molecule has 0 radical (unpaired) electrons. The second-order valence-corrected chi connectivity index (χ2v) is 6.07. The van der Waals surface area contributed by atoms with Gasteiger partial charge in [0.15, 0.2) is 0 Å². The third kappa shape index (κ3) is 3.02. The Kier molecular flexibility index (Phi) is 5.03. The molecular weight excluding hydrogens is 212 g/mol. The molecule has 1 saturated carbocycles. The second-order valence-electron chi connectivity index (χ2n) is 6.07. The molecule has 100 valence electrons. The van der Waals surface area contributed by atoms with Gasteiger partial charge in [-0.2, -0.15) is 0 Å². The summed E-state index contributed by atoms with van der Waals surface area (Å²) in [5.74, 6) is 4.31. The summed E-state index contributed by atoms with van der Waals surface area (Å²) in [4.78, 5) is 11.3. The van der Waals surface area contributed by atoms with Crippen LogP contribution in [0, 0.1) is 35.5 Å². The van der Waals surface area contributed by atoms with E-state index in [-0.39, 0.29) is 5.97 Å². The lowest BCUT2D eigenvalue weighted by Crippen LogP contribution is -2.41. The van der Waals surface area contributed by atoms with Crippen LogP contribution in [-0.2, 0) is 9.53 Å². The van der Waals surface area contributed by atoms with Crippen LogP contribution in [0.4, 0.5) is 0 Å². The monoisotopic (exact) mass is 240 g/mol. The summed E-state index contributed by atoms with van der Waals surface area (Å²) in [5.41, 5.74) is 0. The first-order valence-corrected chi connectivity index (χ1v) is 6.97. The van der Waals surface area contributed by atoms with E-state index in [0.717, 1.165) is 24.2 Å². The minimum absolute atomic E-state index is 0.0664. The fourth-order valence-corrected chi connectivity index (χ4v) is 3.61. The van der Waals surface area contributed by atoms with Gasteiger partial charge in [0.2, 0.25) is 0 Å². The average Bonchev–Trinajstić information content (AvgIpc) is 2.33. The molecule has 1 rings (SSSR count). The maximum Gasteiger partial charge on any atom is 0.305 e. The first-order valence-electron chi connectivity index (χ1n) is 6.97. The van der Waals surface area contributed by atoms with Gasteiger partial charge in [-0.3, -0.25) is 4.79 Å². The molecule has 0 aromatic heterocycles. The van der Waals surface area contributed by atoms with Crippen molar-refractivity contribution >= 4 is 5.97 Å². The van der Waals surface area contributed by atoms with Gasteiger partial charge in [0.1, 0.15) is 0 Å². The Bertz CT molecular complexity index is 246. The van der Waals surface area contributed by atoms with E-state index in [4.69, 9.17) is 4.74 Å². The van der Waals surface area contributed by atoms with Gasteiger partial charge in [-0.15, -0.1) is 0 Å². The molecule has 0 heterocycles. The average molecular weight is 240 g/mol. The van der Waals surface area contributed by atoms with Crippen LogP contribution in [0.3, 0.4) is 0 Å². The number of hydrogen-bond acceptors (Lipinski definition) is 2. The Hall–Kier alpha value is -0.530. The SMILES string of the molecule is COC(=O)CC[C@H]1[C@@H](C)[C@@H](C)[C@@H](C)[C@H](C)[C@@H]1C. The van der Waals surface area contributed by atoms with E-state index in [1.807, 2.05) is 0 Å². The Morgan fingerprint density at radius 3 is 1.71 bits per heavy atom. The van der Waals surface area contributed by atoms with Gasteiger partial charge in [0.05, 0.1) is 7.11 Å². The van der Waals surface area contributed by atoms with Crippen molar-refractivity contribution in [3.05, 3.63) is 0 Å². The predicted octanol–water partition coefficient (Wildman–Crippen LogP) is 3.75. The van der Waals surface area contributed by atoms with E-state index < -0.39 is 0 Å². The lowest BCUT2D eigenvalue weighted by atomic mass is 9.58. The minimum Gasteiger partial charge on any atom is -0.469 e. The molecule has 0 aromatic rings. The van der Waals surface area contributed by atoms with Crippen LogP contribution in [0.2, 0.25) is 0 Å². The third-order valence-corrected chi connectivity index (χ3v) is 5.58. The number of hydrogen-bond donors (Lipinski definition) is 0. The van der Waals surface area contributed by atoms with Crippen LogP contribution >= 0.6 is 0 Å². The van der Waals surface area contributed by atoms with E-state index in [2.05, 4.69) is 34.6 Å². The predicted molar refractivity (Wildman–Crippen MR) is 70.6 cm³/mol. The highest BCUT2D eigenvalue weighted by Crippen LogP contribution is 2.46. The van der Waals surface area contributed by atoms with Crippen molar-refractivity contribution in [3.8, 4) is 0 Å². The molecule has 1 aliphatic carbocycles. The number of methoxy groups -OCH3 is 1. The molecule has 0 unspecified atom stereocenters. The second kappa shape index (κ2) is 5.88. The molecule has 0 bridgehead atoms. The fraction of sp³-hybridized carbons (Fsp3) is 0.933. The van der Waals surface area contributed by atoms with Crippen molar-refractivity contribution in [2.45, 2.75) is 47.5 Å². The molecule has 1 fully saturated rings. The highest BCUT2D eigenvalue weighted by Gasteiger charge is 2.40. The standard InChI is InChI=1S/C15H28O2/c1-9-10(2)12(4)14(13(5)11(9)3)7-8-15(16)17-6/h9-14H,7-8H2,1-6H3/t9-,10-,11-,12-,13-,14+/m0/s1. The Balaban J connectivity index is 2.66. The molecule has 0 N–H and O–H groups in total. The van der Waals surface area contributed by atoms with E-state index in [0.29, 0.717) is 24.2 Å². The summed E-state index contributed by atoms with van der Waals surface area (Å²) in [5, 5.41) is 0. The molecule has 0 saturated heterocycles. The Morgan fingerprint density at radius 1 is 0.882 bits per heavy atom. The highest BCUT2D eigenvalue weighted by atomic mass is 16.5. The quantitative estimate of drug-likeness (QED) is 0.702. The van der Waals surface area contributed by atoms with Crippen LogP contribution in [-0.4, -0.2) is 13.1 Å². The van der Waals surface area contributed by atoms with Gasteiger partial charge >= 0.3 is 5.97 Å². The third-order valence-electron chi connectivity index (χ3n) is 5.58. The number of carbonyl (C=O) groups is 1. The summed E-state index contributed by atoms with van der Waals surface area (Å²) in [6.07, 6.45) is 1.56. The maximum atomic E-state index is 11.3. The molecular formula is C15H28O2. The Morgan fingerprint density at radius 2 is 1.29 bits per heavy atom. The van der Waals surface area contributed by atoms with E-state index in [1.165, 1.54) is 7.11 Å². The summed E-state index contributed by atoms with van der Waals surface area (Å²) in [6.45, 7) is 11.8. The lowest BCUT2D eigenvalue weighted by molar-refractivity contribution is -0.141. The van der Waals surface area contributed by atoms with E-state index in [9.17, 15) is 4.79 Å². The molecule has 0 spiro atoms. The molecule has 2 heteroatoms. The summed E-state index contributed by atoms with van der Waals surface area (Å²) in [6, 6.07) is 0. The van der Waals surface area contributed by atoms with Crippen LogP contribution in [0.15, 0.2) is 0 Å². The molecule has 2 nitrogen and oxygen atoms in total. The number of ether oxygens (including phenoxy) is 1. The van der Waals surface area contributed by atoms with Gasteiger partial charge in [0.25, 0.3) is 0 Å². The summed E-state index contributed by atoms with van der Waals surface area (Å²) in [7, 11) is 1.48. The van der Waals surface area contributed by atoms with Gasteiger partial charge in [-0.1, -0.05) is 34.6 Å². The minimum atomic E-state index is -0.0664. The van der Waals surface area contributed by atoms with Crippen LogP contribution in [0.5, 0.6) is 0 Å². The zero-order chi connectivity index (χ0) is 13.2. The summed E-state index contributed by atoms with van der Waals surface area (Å²) < 4.78 is 4.75. The molecule has 0 amide bonds. The van der Waals surface area contributed by atoms with Crippen molar-refractivity contribution in [1.82, 2.24) is 0 Å². The zero-order valence-corrected chi connectivity index (χ0v) is 12.2. The maximum absolute atomic E-state index is 11.3. The van der Waals surface area contributed by atoms with Crippen molar-refractivity contribution in [2.24, 2.45) is 35.5 Å². The first-order chi connectivity index (χ1) is 7.90. The van der Waals surface area contributed by atoms with E-state index in [1.54, 1.807) is 0 Å². The largest absolute Gasteiger partial charge is 0.469 e. The molecule has 1 aliphatic rings. The molecule has 4 atom stereocenters. The van der Waals surface area contributed by atoms with Crippen molar-refractivity contribution in [2.75, 3.05) is 7.11 Å². The van der Waals surface area contributed by atoms with Gasteiger partial charge in [0, 0.05) is 6.42 Å². The number of esters is 1. The van der Waals surface area contributed by atoms with Gasteiger partial charge < -0.3 is 4.74 Å². The van der Waals surface area contributed by atoms with E-state index >= 15 is 0 Å². The lowest BCUT2D eigenvalue weighted by Gasteiger charge is -2.47. The van der Waals surface area contributed by atoms with Crippen LogP contribution < -0.4 is 0 Å². The molecule has 0 aromatic carbocycles. The van der Waals surface area contributed by atoms with Crippen molar-refractivity contribution in [1.29, 1.82) is 0 Å². The van der Waals surface area contributed by atoms with Crippen LogP contribution in [0.1, 0.15) is 47.5 Å². The van der Waals surface area contributed by atoms with Crippen LogP contribution in [0.25, 0.3) is 0 Å². The van der Waals surface area contributed by atoms with Gasteiger partial charge in [-0.25, -0.2) is 0 Å². The first kappa shape index (κ1) is 14.5. The fourth-order valence-electron chi connectivity index (χ4n) is 3.61. The Labute approximate surface area is 106 Å². The van der Waals surface area contributed by atoms with Crippen molar-refractivity contribution < 1.29 is 9.53 Å². The van der Waals surface area contributed by atoms with Gasteiger partial charge in [-0.05, 0) is 41.9 Å².